The van der Waals surface area contributed by atoms with E-state index in [1.165, 1.54) is 32.1 Å². The SMILES string of the molecule is C#CCC(CC)NC(N)=NC1CCCCC1. The average Bonchev–Trinajstić information content (AvgIpc) is 2.29. The minimum absolute atomic E-state index is 0.261. The van der Waals surface area contributed by atoms with Gasteiger partial charge in [0, 0.05) is 12.5 Å². The summed E-state index contributed by atoms with van der Waals surface area (Å²) in [7, 11) is 0. The van der Waals surface area contributed by atoms with Gasteiger partial charge in [0.2, 0.25) is 0 Å². The number of guanidine groups is 1. The molecule has 1 fully saturated rings. The molecular weight excluding hydrogens is 198 g/mol. The van der Waals surface area contributed by atoms with Crippen LogP contribution >= 0.6 is 0 Å². The van der Waals surface area contributed by atoms with Gasteiger partial charge in [-0.05, 0) is 19.3 Å². The zero-order chi connectivity index (χ0) is 11.8. The minimum Gasteiger partial charge on any atom is -0.370 e. The van der Waals surface area contributed by atoms with E-state index in [1.54, 1.807) is 0 Å². The van der Waals surface area contributed by atoms with Crippen molar-refractivity contribution < 1.29 is 0 Å². The maximum Gasteiger partial charge on any atom is 0.189 e. The molecule has 0 bridgehead atoms. The summed E-state index contributed by atoms with van der Waals surface area (Å²) >= 11 is 0. The van der Waals surface area contributed by atoms with Crippen molar-refractivity contribution in [1.29, 1.82) is 0 Å². The van der Waals surface area contributed by atoms with Gasteiger partial charge in [-0.25, -0.2) is 0 Å². The van der Waals surface area contributed by atoms with Crippen molar-refractivity contribution in [3.05, 3.63) is 0 Å². The molecule has 0 heterocycles. The van der Waals surface area contributed by atoms with Gasteiger partial charge in [-0.1, -0.05) is 26.2 Å². The Morgan fingerprint density at radius 2 is 2.19 bits per heavy atom. The highest BCUT2D eigenvalue weighted by Gasteiger charge is 2.13. The van der Waals surface area contributed by atoms with E-state index in [0.29, 0.717) is 18.4 Å². The first kappa shape index (κ1) is 12.9. The molecule has 3 N–H and O–H groups in total. The first-order valence-corrected chi connectivity index (χ1v) is 6.29. The summed E-state index contributed by atoms with van der Waals surface area (Å²) in [4.78, 5) is 4.52. The summed E-state index contributed by atoms with van der Waals surface area (Å²) in [5.74, 6) is 3.22. The molecule has 16 heavy (non-hydrogen) atoms. The fraction of sp³-hybridized carbons (Fsp3) is 0.769. The predicted molar refractivity (Wildman–Crippen MR) is 69.2 cm³/mol. The Balaban J connectivity index is 2.39. The Bertz CT molecular complexity index is 259. The van der Waals surface area contributed by atoms with Gasteiger partial charge < -0.3 is 11.1 Å². The molecule has 0 aromatic heterocycles. The molecule has 3 heteroatoms. The van der Waals surface area contributed by atoms with E-state index in [1.807, 2.05) is 0 Å². The zero-order valence-electron chi connectivity index (χ0n) is 10.2. The van der Waals surface area contributed by atoms with Gasteiger partial charge in [0.1, 0.15) is 0 Å². The average molecular weight is 221 g/mol. The molecule has 0 spiro atoms. The molecule has 1 saturated carbocycles. The second-order valence-electron chi connectivity index (χ2n) is 4.46. The molecule has 0 saturated heterocycles. The lowest BCUT2D eigenvalue weighted by molar-refractivity contribution is 0.441. The lowest BCUT2D eigenvalue weighted by Crippen LogP contribution is -2.40. The normalized spacial score (nSPS) is 20.1. The first-order chi connectivity index (χ1) is 7.76. The van der Waals surface area contributed by atoms with Crippen LogP contribution in [-0.4, -0.2) is 18.0 Å². The molecule has 90 valence electrons. The van der Waals surface area contributed by atoms with Gasteiger partial charge in [-0.3, -0.25) is 4.99 Å². The molecule has 1 rings (SSSR count). The quantitative estimate of drug-likeness (QED) is 0.433. The van der Waals surface area contributed by atoms with E-state index >= 15 is 0 Å². The fourth-order valence-corrected chi connectivity index (χ4v) is 2.09. The van der Waals surface area contributed by atoms with E-state index in [2.05, 4.69) is 23.2 Å². The number of rotatable bonds is 4. The maximum atomic E-state index is 5.88. The van der Waals surface area contributed by atoms with Crippen LogP contribution in [0.3, 0.4) is 0 Å². The molecule has 1 atom stereocenters. The van der Waals surface area contributed by atoms with Crippen molar-refractivity contribution in [2.45, 2.75) is 64.0 Å². The van der Waals surface area contributed by atoms with E-state index in [-0.39, 0.29) is 6.04 Å². The van der Waals surface area contributed by atoms with Crippen molar-refractivity contribution in [2.75, 3.05) is 0 Å². The fourth-order valence-electron chi connectivity index (χ4n) is 2.09. The molecular formula is C13H23N3. The van der Waals surface area contributed by atoms with Crippen molar-refractivity contribution in [3.8, 4) is 12.3 Å². The summed E-state index contributed by atoms with van der Waals surface area (Å²) in [5.41, 5.74) is 5.88. The molecule has 0 aliphatic heterocycles. The van der Waals surface area contributed by atoms with Crippen LogP contribution in [0, 0.1) is 12.3 Å². The number of nitrogens with one attached hydrogen (secondary N) is 1. The third kappa shape index (κ3) is 4.57. The number of hydrogen-bond acceptors (Lipinski definition) is 1. The number of hydrogen-bond donors (Lipinski definition) is 2. The molecule has 0 amide bonds. The van der Waals surface area contributed by atoms with E-state index in [9.17, 15) is 0 Å². The van der Waals surface area contributed by atoms with Gasteiger partial charge in [0.15, 0.2) is 5.96 Å². The van der Waals surface area contributed by atoms with E-state index in [0.717, 1.165) is 6.42 Å². The largest absolute Gasteiger partial charge is 0.370 e. The van der Waals surface area contributed by atoms with Crippen LogP contribution < -0.4 is 11.1 Å². The predicted octanol–water partition coefficient (Wildman–Crippen LogP) is 2.03. The second-order valence-corrected chi connectivity index (χ2v) is 4.46. The summed E-state index contributed by atoms with van der Waals surface area (Å²) in [5, 5.41) is 3.20. The van der Waals surface area contributed by atoms with Gasteiger partial charge in [0.25, 0.3) is 0 Å². The van der Waals surface area contributed by atoms with Crippen LogP contribution in [-0.2, 0) is 0 Å². The number of terminal acetylenes is 1. The monoisotopic (exact) mass is 221 g/mol. The summed E-state index contributed by atoms with van der Waals surface area (Å²) < 4.78 is 0. The highest BCUT2D eigenvalue weighted by Crippen LogP contribution is 2.19. The first-order valence-electron chi connectivity index (χ1n) is 6.29. The van der Waals surface area contributed by atoms with Crippen molar-refractivity contribution in [3.63, 3.8) is 0 Å². The standard InChI is InChI=1S/C13H23N3/c1-3-8-11(4-2)15-13(14)16-12-9-6-5-7-10-12/h1,11-12H,4-10H2,2H3,(H3,14,15,16). The molecule has 3 nitrogen and oxygen atoms in total. The Morgan fingerprint density at radius 1 is 1.50 bits per heavy atom. The topological polar surface area (TPSA) is 50.4 Å². The minimum atomic E-state index is 0.261. The smallest absolute Gasteiger partial charge is 0.189 e. The lowest BCUT2D eigenvalue weighted by atomic mass is 9.96. The third-order valence-corrected chi connectivity index (χ3v) is 3.11. The Hall–Kier alpha value is -1.17. The molecule has 0 radical (unpaired) electrons. The third-order valence-electron chi connectivity index (χ3n) is 3.11. The molecule has 0 aromatic carbocycles. The Kier molecular flexibility index (Phi) is 5.77. The Labute approximate surface area is 98.9 Å². The number of aliphatic imine (C=N–C) groups is 1. The Morgan fingerprint density at radius 3 is 2.75 bits per heavy atom. The highest BCUT2D eigenvalue weighted by atomic mass is 15.1. The van der Waals surface area contributed by atoms with E-state index in [4.69, 9.17) is 12.2 Å². The molecule has 1 unspecified atom stereocenters. The number of nitrogens with two attached hydrogens (primary N) is 1. The summed E-state index contributed by atoms with van der Waals surface area (Å²) in [6.45, 7) is 2.10. The molecule has 0 aromatic rings. The molecule has 1 aliphatic rings. The molecule has 1 aliphatic carbocycles. The van der Waals surface area contributed by atoms with Gasteiger partial charge >= 0.3 is 0 Å². The highest BCUT2D eigenvalue weighted by molar-refractivity contribution is 5.78. The van der Waals surface area contributed by atoms with Gasteiger partial charge in [0.05, 0.1) is 6.04 Å². The van der Waals surface area contributed by atoms with Crippen LogP contribution in [0.1, 0.15) is 51.9 Å². The van der Waals surface area contributed by atoms with Crippen molar-refractivity contribution in [1.82, 2.24) is 5.32 Å². The zero-order valence-corrected chi connectivity index (χ0v) is 10.2. The van der Waals surface area contributed by atoms with Crippen LogP contribution in [0.4, 0.5) is 0 Å². The van der Waals surface area contributed by atoms with Crippen LogP contribution in [0.15, 0.2) is 4.99 Å². The summed E-state index contributed by atoms with van der Waals surface area (Å²) in [6.07, 6.45) is 13.2. The van der Waals surface area contributed by atoms with Gasteiger partial charge in [-0.15, -0.1) is 12.3 Å². The van der Waals surface area contributed by atoms with Crippen LogP contribution in [0.25, 0.3) is 0 Å². The number of nitrogens with zero attached hydrogens (tertiary/aromatic N) is 1. The summed E-state index contributed by atoms with van der Waals surface area (Å²) in [6, 6.07) is 0.682. The van der Waals surface area contributed by atoms with Crippen molar-refractivity contribution in [2.24, 2.45) is 10.7 Å². The second kappa shape index (κ2) is 7.16. The van der Waals surface area contributed by atoms with Crippen LogP contribution in [0.2, 0.25) is 0 Å². The van der Waals surface area contributed by atoms with E-state index < -0.39 is 0 Å². The maximum absolute atomic E-state index is 5.88. The lowest BCUT2D eigenvalue weighted by Gasteiger charge is -2.20. The van der Waals surface area contributed by atoms with Gasteiger partial charge in [-0.2, -0.15) is 0 Å². The van der Waals surface area contributed by atoms with Crippen molar-refractivity contribution >= 4 is 5.96 Å². The van der Waals surface area contributed by atoms with Crippen LogP contribution in [0.5, 0.6) is 0 Å².